The lowest BCUT2D eigenvalue weighted by atomic mass is 10.2. The van der Waals surface area contributed by atoms with Crippen LogP contribution in [0.4, 0.5) is 30.8 Å². The second kappa shape index (κ2) is 7.59. The van der Waals surface area contributed by atoms with Gasteiger partial charge in [-0.3, -0.25) is 14.5 Å². The predicted molar refractivity (Wildman–Crippen MR) is 101 cm³/mol. The first-order chi connectivity index (χ1) is 14.8. The van der Waals surface area contributed by atoms with Crippen LogP contribution in [0.1, 0.15) is 16.1 Å². The number of anilines is 3. The average Bonchev–Trinajstić information content (AvgIpc) is 3.41. The van der Waals surface area contributed by atoms with Crippen molar-refractivity contribution in [1.29, 1.82) is 0 Å². The molecule has 0 spiro atoms. The Labute approximate surface area is 172 Å². The van der Waals surface area contributed by atoms with Gasteiger partial charge in [0.15, 0.2) is 5.65 Å². The van der Waals surface area contributed by atoms with Gasteiger partial charge in [-0.15, -0.1) is 15.3 Å². The van der Waals surface area contributed by atoms with E-state index in [1.54, 1.807) is 24.3 Å². The molecular formula is C18H14F3N7O3. The first-order valence-electron chi connectivity index (χ1n) is 8.70. The second-order valence-corrected chi connectivity index (χ2v) is 6.24. The zero-order valence-corrected chi connectivity index (χ0v) is 16.1. The number of benzene rings is 1. The van der Waals surface area contributed by atoms with Crippen molar-refractivity contribution < 1.29 is 27.1 Å². The van der Waals surface area contributed by atoms with Gasteiger partial charge in [0.25, 0.3) is 5.91 Å². The maximum Gasteiger partial charge on any atom is 0.431 e. The molecule has 3 heterocycles. The second-order valence-electron chi connectivity index (χ2n) is 6.24. The number of amides is 1. The van der Waals surface area contributed by atoms with E-state index in [1.807, 2.05) is 0 Å². The van der Waals surface area contributed by atoms with Gasteiger partial charge in [0.05, 0.1) is 12.7 Å². The molecular weight excluding hydrogens is 419 g/mol. The molecule has 0 aliphatic carbocycles. The Morgan fingerprint density at radius 2 is 1.87 bits per heavy atom. The third-order valence-electron chi connectivity index (χ3n) is 4.41. The predicted octanol–water partition coefficient (Wildman–Crippen LogP) is 3.16. The molecule has 0 saturated heterocycles. The van der Waals surface area contributed by atoms with Crippen LogP contribution >= 0.6 is 0 Å². The highest BCUT2D eigenvalue weighted by Gasteiger charge is 2.36. The summed E-state index contributed by atoms with van der Waals surface area (Å²) in [6.45, 7) is 0. The highest BCUT2D eigenvalue weighted by Crippen LogP contribution is 2.34. The molecule has 31 heavy (non-hydrogen) atoms. The maximum absolute atomic E-state index is 13.7. The zero-order chi connectivity index (χ0) is 22.2. The monoisotopic (exact) mass is 433 g/mol. The Bertz CT molecular complexity index is 1220. The number of rotatable bonds is 5. The minimum Gasteiger partial charge on any atom is -0.497 e. The lowest BCUT2D eigenvalue weighted by molar-refractivity contribution is -0.141. The van der Waals surface area contributed by atoms with E-state index in [1.165, 1.54) is 19.1 Å². The van der Waals surface area contributed by atoms with E-state index in [2.05, 4.69) is 25.7 Å². The van der Waals surface area contributed by atoms with Gasteiger partial charge in [-0.05, 0) is 36.4 Å². The van der Waals surface area contributed by atoms with Crippen molar-refractivity contribution in [2.24, 2.45) is 0 Å². The Morgan fingerprint density at radius 1 is 1.13 bits per heavy atom. The third-order valence-corrected chi connectivity index (χ3v) is 4.41. The zero-order valence-electron chi connectivity index (χ0n) is 16.1. The van der Waals surface area contributed by atoms with Crippen molar-refractivity contribution in [3.05, 3.63) is 54.0 Å². The molecule has 1 N–H and O–H groups in total. The lowest BCUT2D eigenvalue weighted by Crippen LogP contribution is -2.20. The summed E-state index contributed by atoms with van der Waals surface area (Å²) in [4.78, 5) is 14.0. The normalized spacial score (nSPS) is 11.5. The van der Waals surface area contributed by atoms with Gasteiger partial charge in [-0.1, -0.05) is 5.10 Å². The molecule has 0 aliphatic heterocycles. The Hall–Kier alpha value is -4.16. The number of halogens is 3. The van der Waals surface area contributed by atoms with Crippen LogP contribution in [-0.2, 0) is 6.18 Å². The highest BCUT2D eigenvalue weighted by molar-refractivity contribution is 6.07. The summed E-state index contributed by atoms with van der Waals surface area (Å²) < 4.78 is 51.9. The standard InChI is InChI=1S/C18H14F3N7O3/c1-27(10-3-5-11(30-2)6-4-10)17-26-24-14-12(15(29)23-16-25-22-9-31-16)7-8-13(28(14)17)18(19,20)21/h3-9H,1-2H3,(H,23,25,29). The number of hydrogen-bond donors (Lipinski definition) is 1. The first kappa shape index (κ1) is 20.1. The molecule has 3 aromatic heterocycles. The van der Waals surface area contributed by atoms with E-state index in [0.29, 0.717) is 11.4 Å². The van der Waals surface area contributed by atoms with Gasteiger partial charge in [0, 0.05) is 12.7 Å². The molecule has 1 amide bonds. The minimum atomic E-state index is -4.72. The van der Waals surface area contributed by atoms with Gasteiger partial charge in [-0.25, -0.2) is 0 Å². The Morgan fingerprint density at radius 3 is 2.48 bits per heavy atom. The molecule has 0 fully saturated rings. The largest absolute Gasteiger partial charge is 0.497 e. The number of aromatic nitrogens is 5. The van der Waals surface area contributed by atoms with Crippen molar-refractivity contribution >= 4 is 29.2 Å². The maximum atomic E-state index is 13.7. The number of nitrogens with one attached hydrogen (secondary N) is 1. The van der Waals surface area contributed by atoms with Crippen molar-refractivity contribution in [3.63, 3.8) is 0 Å². The third kappa shape index (κ3) is 3.72. The molecule has 4 aromatic rings. The van der Waals surface area contributed by atoms with Gasteiger partial charge >= 0.3 is 12.2 Å². The molecule has 0 saturated carbocycles. The first-order valence-corrected chi connectivity index (χ1v) is 8.70. The van der Waals surface area contributed by atoms with Gasteiger partial charge in [0.2, 0.25) is 12.3 Å². The van der Waals surface area contributed by atoms with Crippen LogP contribution < -0.4 is 15.0 Å². The number of carbonyl (C=O) groups excluding carboxylic acids is 1. The molecule has 0 atom stereocenters. The quantitative estimate of drug-likeness (QED) is 0.511. The molecule has 0 aliphatic rings. The van der Waals surface area contributed by atoms with Crippen LogP contribution in [0, 0.1) is 0 Å². The number of alkyl halides is 3. The average molecular weight is 433 g/mol. The summed E-state index contributed by atoms with van der Waals surface area (Å²) >= 11 is 0. The fourth-order valence-electron chi connectivity index (χ4n) is 2.91. The molecule has 160 valence electrons. The number of hydrogen-bond acceptors (Lipinski definition) is 8. The van der Waals surface area contributed by atoms with Crippen LogP contribution in [0.3, 0.4) is 0 Å². The number of pyridine rings is 1. The molecule has 13 heteroatoms. The molecule has 1 aromatic carbocycles. The van der Waals surface area contributed by atoms with Gasteiger partial charge < -0.3 is 14.1 Å². The van der Waals surface area contributed by atoms with Crippen molar-refractivity contribution in [2.45, 2.75) is 6.18 Å². The summed E-state index contributed by atoms with van der Waals surface area (Å²) in [5, 5.41) is 17.0. The van der Waals surface area contributed by atoms with Crippen LogP contribution in [0.15, 0.2) is 47.2 Å². The fourth-order valence-corrected chi connectivity index (χ4v) is 2.91. The Balaban J connectivity index is 1.83. The van der Waals surface area contributed by atoms with E-state index < -0.39 is 17.8 Å². The SMILES string of the molecule is COc1ccc(N(C)c2nnc3c(C(=O)Nc4nnco4)ccc(C(F)(F)F)n23)cc1. The summed E-state index contributed by atoms with van der Waals surface area (Å²) in [5.41, 5.74) is -0.962. The summed E-state index contributed by atoms with van der Waals surface area (Å²) in [5.74, 6) is -0.340. The van der Waals surface area contributed by atoms with E-state index in [4.69, 9.17) is 9.15 Å². The van der Waals surface area contributed by atoms with Crippen molar-refractivity contribution in [1.82, 2.24) is 24.8 Å². The molecule has 4 rings (SSSR count). The number of fused-ring (bicyclic) bond motifs is 1. The van der Waals surface area contributed by atoms with Crippen LogP contribution in [0.5, 0.6) is 5.75 Å². The topological polar surface area (TPSA) is 111 Å². The van der Waals surface area contributed by atoms with E-state index >= 15 is 0 Å². The van der Waals surface area contributed by atoms with Crippen molar-refractivity contribution in [3.8, 4) is 5.75 Å². The van der Waals surface area contributed by atoms with Crippen LogP contribution in [0.25, 0.3) is 5.65 Å². The highest BCUT2D eigenvalue weighted by atomic mass is 19.4. The summed E-state index contributed by atoms with van der Waals surface area (Å²) in [7, 11) is 3.03. The minimum absolute atomic E-state index is 0.139. The smallest absolute Gasteiger partial charge is 0.431 e. The molecule has 10 nitrogen and oxygen atoms in total. The van der Waals surface area contributed by atoms with Crippen LogP contribution in [-0.4, -0.2) is 44.9 Å². The number of ether oxygens (including phenoxy) is 1. The fraction of sp³-hybridized carbons (Fsp3) is 0.167. The Kier molecular flexibility index (Phi) is 4.93. The molecule has 0 bridgehead atoms. The lowest BCUT2D eigenvalue weighted by Gasteiger charge is -2.19. The van der Waals surface area contributed by atoms with Gasteiger partial charge in [0.1, 0.15) is 11.4 Å². The number of methoxy groups -OCH3 is 1. The van der Waals surface area contributed by atoms with Gasteiger partial charge in [-0.2, -0.15) is 13.2 Å². The molecule has 0 radical (unpaired) electrons. The summed E-state index contributed by atoms with van der Waals surface area (Å²) in [6, 6.07) is 8.20. The number of carbonyl (C=O) groups is 1. The van der Waals surface area contributed by atoms with E-state index in [-0.39, 0.29) is 23.2 Å². The summed E-state index contributed by atoms with van der Waals surface area (Å²) in [6.07, 6.45) is -3.73. The molecule has 0 unspecified atom stereocenters. The van der Waals surface area contributed by atoms with Crippen molar-refractivity contribution in [2.75, 3.05) is 24.4 Å². The number of nitrogens with zero attached hydrogens (tertiary/aromatic N) is 6. The van der Waals surface area contributed by atoms with E-state index in [0.717, 1.165) is 22.9 Å². The van der Waals surface area contributed by atoms with E-state index in [9.17, 15) is 18.0 Å². The van der Waals surface area contributed by atoms with Crippen LogP contribution in [0.2, 0.25) is 0 Å².